The zero-order valence-corrected chi connectivity index (χ0v) is 9.86. The Kier molecular flexibility index (Phi) is 3.27. The Balaban J connectivity index is 2.28. The lowest BCUT2D eigenvalue weighted by molar-refractivity contribution is -0.141. The van der Waals surface area contributed by atoms with E-state index >= 15 is 0 Å². The maximum Gasteiger partial charge on any atom is 0.328 e. The van der Waals surface area contributed by atoms with E-state index in [2.05, 4.69) is 15.5 Å². The van der Waals surface area contributed by atoms with Crippen molar-refractivity contribution in [1.82, 2.24) is 10.2 Å². The number of hydrogen-bond acceptors (Lipinski definition) is 4. The lowest BCUT2D eigenvalue weighted by Gasteiger charge is -2.16. The average molecular weight is 233 g/mol. The molecule has 0 fully saturated rings. The van der Waals surface area contributed by atoms with Crippen molar-refractivity contribution in [2.24, 2.45) is 0 Å². The number of carbonyl (C=O) groups excluding carboxylic acids is 1. The number of nitrogens with zero attached hydrogens (tertiary/aromatic N) is 1. The van der Waals surface area contributed by atoms with Gasteiger partial charge in [-0.3, -0.25) is 5.10 Å². The van der Waals surface area contributed by atoms with E-state index in [-0.39, 0.29) is 12.0 Å². The predicted molar refractivity (Wildman–Crippen MR) is 65.8 cm³/mol. The second-order valence-electron chi connectivity index (χ2n) is 3.77. The van der Waals surface area contributed by atoms with Crippen molar-refractivity contribution in [3.63, 3.8) is 0 Å². The van der Waals surface area contributed by atoms with Crippen molar-refractivity contribution in [3.8, 4) is 0 Å². The fourth-order valence-electron chi connectivity index (χ4n) is 1.75. The first-order chi connectivity index (χ1) is 8.26. The fourth-order valence-corrected chi connectivity index (χ4v) is 1.75. The summed E-state index contributed by atoms with van der Waals surface area (Å²) in [6, 6.07) is 5.45. The van der Waals surface area contributed by atoms with Crippen molar-refractivity contribution in [2.45, 2.75) is 19.4 Å². The van der Waals surface area contributed by atoms with Gasteiger partial charge in [0.1, 0.15) is 6.04 Å². The van der Waals surface area contributed by atoms with Gasteiger partial charge in [0.25, 0.3) is 0 Å². The summed E-state index contributed by atoms with van der Waals surface area (Å²) in [4.78, 5) is 11.5. The number of fused-ring (bicyclic) bond motifs is 1. The molecule has 1 aromatic carbocycles. The topological polar surface area (TPSA) is 67.0 Å². The predicted octanol–water partition coefficient (Wildman–Crippen LogP) is 1.93. The van der Waals surface area contributed by atoms with Crippen LogP contribution in [0.1, 0.15) is 13.3 Å². The summed E-state index contributed by atoms with van der Waals surface area (Å²) in [5.41, 5.74) is 1.76. The van der Waals surface area contributed by atoms with Crippen LogP contribution in [0, 0.1) is 0 Å². The summed E-state index contributed by atoms with van der Waals surface area (Å²) >= 11 is 0. The number of carbonyl (C=O) groups is 1. The van der Waals surface area contributed by atoms with Crippen LogP contribution >= 0.6 is 0 Å². The maximum absolute atomic E-state index is 11.5. The third-order valence-corrected chi connectivity index (χ3v) is 2.70. The minimum absolute atomic E-state index is 0.260. The molecule has 5 heteroatoms. The molecule has 5 nitrogen and oxygen atoms in total. The zero-order chi connectivity index (χ0) is 12.3. The van der Waals surface area contributed by atoms with Crippen LogP contribution in [-0.4, -0.2) is 29.3 Å². The molecular formula is C12H15N3O2. The fraction of sp³-hybridized carbons (Fsp3) is 0.333. The van der Waals surface area contributed by atoms with E-state index in [0.29, 0.717) is 6.42 Å². The number of H-pyrrole nitrogens is 1. The van der Waals surface area contributed by atoms with E-state index in [1.807, 2.05) is 25.1 Å². The largest absolute Gasteiger partial charge is 0.467 e. The van der Waals surface area contributed by atoms with E-state index in [4.69, 9.17) is 4.74 Å². The Bertz CT molecular complexity index is 521. The molecule has 0 saturated carbocycles. The highest BCUT2D eigenvalue weighted by molar-refractivity contribution is 5.92. The van der Waals surface area contributed by atoms with Crippen LogP contribution in [-0.2, 0) is 9.53 Å². The van der Waals surface area contributed by atoms with E-state index in [1.54, 1.807) is 6.20 Å². The van der Waals surface area contributed by atoms with Crippen LogP contribution < -0.4 is 5.32 Å². The zero-order valence-electron chi connectivity index (χ0n) is 9.86. The number of hydrogen-bond donors (Lipinski definition) is 2. The van der Waals surface area contributed by atoms with Gasteiger partial charge in [0.05, 0.1) is 24.5 Å². The molecule has 1 aromatic heterocycles. The number of nitrogens with one attached hydrogen (secondary N) is 2. The molecule has 2 aromatic rings. The number of para-hydroxylation sites is 1. The maximum atomic E-state index is 11.5. The molecule has 90 valence electrons. The SMILES string of the molecule is CCC(Nc1cccc2cn[nH]c12)C(=O)OC. The summed E-state index contributed by atoms with van der Waals surface area (Å²) < 4.78 is 4.74. The molecule has 17 heavy (non-hydrogen) atoms. The van der Waals surface area contributed by atoms with E-state index in [9.17, 15) is 4.79 Å². The average Bonchev–Trinajstić information content (AvgIpc) is 2.83. The number of methoxy groups -OCH3 is 1. The Morgan fingerprint density at radius 3 is 3.12 bits per heavy atom. The summed E-state index contributed by atoms with van der Waals surface area (Å²) in [5.74, 6) is -0.260. The van der Waals surface area contributed by atoms with Gasteiger partial charge in [-0.25, -0.2) is 4.79 Å². The second-order valence-corrected chi connectivity index (χ2v) is 3.77. The van der Waals surface area contributed by atoms with E-state index in [1.165, 1.54) is 7.11 Å². The van der Waals surface area contributed by atoms with Gasteiger partial charge in [0.15, 0.2) is 0 Å². The normalized spacial score (nSPS) is 12.4. The molecule has 2 N–H and O–H groups in total. The van der Waals surface area contributed by atoms with Crippen LogP contribution in [0.5, 0.6) is 0 Å². The highest BCUT2D eigenvalue weighted by Gasteiger charge is 2.17. The third-order valence-electron chi connectivity index (χ3n) is 2.70. The number of anilines is 1. The summed E-state index contributed by atoms with van der Waals surface area (Å²) in [6.45, 7) is 1.93. The number of ether oxygens (including phenoxy) is 1. The Morgan fingerprint density at radius 2 is 2.41 bits per heavy atom. The van der Waals surface area contributed by atoms with Gasteiger partial charge in [0, 0.05) is 5.39 Å². The number of aromatic nitrogens is 2. The number of esters is 1. The quantitative estimate of drug-likeness (QED) is 0.792. The van der Waals surface area contributed by atoms with Crippen LogP contribution in [0.15, 0.2) is 24.4 Å². The van der Waals surface area contributed by atoms with Gasteiger partial charge in [-0.1, -0.05) is 19.1 Å². The number of benzene rings is 1. The molecule has 2 rings (SSSR count). The summed E-state index contributed by atoms with van der Waals surface area (Å²) in [7, 11) is 1.39. The molecule has 0 radical (unpaired) electrons. The van der Waals surface area contributed by atoms with Gasteiger partial charge in [-0.05, 0) is 12.5 Å². The number of aromatic amines is 1. The lowest BCUT2D eigenvalue weighted by Crippen LogP contribution is -2.29. The van der Waals surface area contributed by atoms with Crippen LogP contribution in [0.4, 0.5) is 5.69 Å². The molecule has 0 bridgehead atoms. The van der Waals surface area contributed by atoms with Crippen molar-refractivity contribution in [2.75, 3.05) is 12.4 Å². The van der Waals surface area contributed by atoms with Crippen molar-refractivity contribution in [3.05, 3.63) is 24.4 Å². The van der Waals surface area contributed by atoms with Crippen LogP contribution in [0.25, 0.3) is 10.9 Å². The summed E-state index contributed by atoms with van der Waals surface area (Å²) in [5, 5.41) is 11.1. The smallest absolute Gasteiger partial charge is 0.328 e. The molecule has 0 amide bonds. The van der Waals surface area contributed by atoms with Gasteiger partial charge >= 0.3 is 5.97 Å². The van der Waals surface area contributed by atoms with E-state index in [0.717, 1.165) is 16.6 Å². The Labute approximate surface area is 99.2 Å². The highest BCUT2D eigenvalue weighted by atomic mass is 16.5. The first kappa shape index (κ1) is 11.4. The molecule has 0 spiro atoms. The molecule has 0 aliphatic carbocycles. The Morgan fingerprint density at radius 1 is 1.59 bits per heavy atom. The van der Waals surface area contributed by atoms with Crippen molar-refractivity contribution < 1.29 is 9.53 Å². The van der Waals surface area contributed by atoms with Gasteiger partial charge in [-0.15, -0.1) is 0 Å². The molecule has 0 aliphatic heterocycles. The molecule has 1 atom stereocenters. The second kappa shape index (κ2) is 4.86. The minimum Gasteiger partial charge on any atom is -0.467 e. The monoisotopic (exact) mass is 233 g/mol. The highest BCUT2D eigenvalue weighted by Crippen LogP contribution is 2.21. The first-order valence-corrected chi connectivity index (χ1v) is 5.52. The summed E-state index contributed by atoms with van der Waals surface area (Å²) in [6.07, 6.45) is 2.41. The molecule has 0 saturated heterocycles. The van der Waals surface area contributed by atoms with E-state index < -0.39 is 0 Å². The van der Waals surface area contributed by atoms with Crippen LogP contribution in [0.3, 0.4) is 0 Å². The molecule has 0 aliphatic rings. The molecular weight excluding hydrogens is 218 g/mol. The number of rotatable bonds is 4. The van der Waals surface area contributed by atoms with Crippen molar-refractivity contribution >= 4 is 22.6 Å². The first-order valence-electron chi connectivity index (χ1n) is 5.52. The Hall–Kier alpha value is -2.04. The lowest BCUT2D eigenvalue weighted by atomic mass is 10.2. The molecule has 1 unspecified atom stereocenters. The minimum atomic E-state index is -0.339. The van der Waals surface area contributed by atoms with Gasteiger partial charge in [0.2, 0.25) is 0 Å². The third kappa shape index (κ3) is 2.22. The van der Waals surface area contributed by atoms with Crippen LogP contribution in [0.2, 0.25) is 0 Å². The van der Waals surface area contributed by atoms with Gasteiger partial charge < -0.3 is 10.1 Å². The molecule has 1 heterocycles. The van der Waals surface area contributed by atoms with Crippen molar-refractivity contribution in [1.29, 1.82) is 0 Å². The van der Waals surface area contributed by atoms with Gasteiger partial charge in [-0.2, -0.15) is 5.10 Å². The standard InChI is InChI=1S/C12H15N3O2/c1-3-9(12(16)17-2)14-10-6-4-5-8-7-13-15-11(8)10/h4-7,9,14H,3H2,1-2H3,(H,13,15).